The predicted octanol–water partition coefficient (Wildman–Crippen LogP) is 4.26. The highest BCUT2D eigenvalue weighted by Crippen LogP contribution is 2.29. The quantitative estimate of drug-likeness (QED) is 0.842. The van der Waals surface area contributed by atoms with E-state index in [2.05, 4.69) is 53.1 Å². The standard InChI is InChI=1S/C15H20BrN3S/c1-4-6-18-14(11-7-12(16)9-17-8-11)15-19-13(5-2)10(3)20-15/h7-9,14,18H,4-6H2,1-3H3. The van der Waals surface area contributed by atoms with Crippen LogP contribution in [0.25, 0.3) is 0 Å². The van der Waals surface area contributed by atoms with Crippen molar-refractivity contribution < 1.29 is 0 Å². The van der Waals surface area contributed by atoms with Crippen LogP contribution in [0.5, 0.6) is 0 Å². The molecule has 20 heavy (non-hydrogen) atoms. The van der Waals surface area contributed by atoms with Crippen molar-refractivity contribution in [3.8, 4) is 0 Å². The lowest BCUT2D eigenvalue weighted by Gasteiger charge is -2.16. The number of hydrogen-bond acceptors (Lipinski definition) is 4. The molecule has 0 aliphatic carbocycles. The number of halogens is 1. The summed E-state index contributed by atoms with van der Waals surface area (Å²) in [7, 11) is 0. The van der Waals surface area contributed by atoms with Gasteiger partial charge in [-0.05, 0) is 53.9 Å². The van der Waals surface area contributed by atoms with Gasteiger partial charge in [-0.25, -0.2) is 4.98 Å². The zero-order valence-electron chi connectivity index (χ0n) is 12.1. The van der Waals surface area contributed by atoms with Gasteiger partial charge < -0.3 is 5.32 Å². The molecule has 0 fully saturated rings. The van der Waals surface area contributed by atoms with E-state index in [1.807, 2.05) is 12.4 Å². The van der Waals surface area contributed by atoms with Crippen LogP contribution in [0.2, 0.25) is 0 Å². The van der Waals surface area contributed by atoms with E-state index in [0.29, 0.717) is 0 Å². The van der Waals surface area contributed by atoms with Gasteiger partial charge in [0.2, 0.25) is 0 Å². The molecule has 0 saturated carbocycles. The first-order valence-electron chi connectivity index (χ1n) is 6.95. The van der Waals surface area contributed by atoms with Crippen molar-refractivity contribution in [2.75, 3.05) is 6.54 Å². The summed E-state index contributed by atoms with van der Waals surface area (Å²) in [6.07, 6.45) is 5.81. The van der Waals surface area contributed by atoms with Crippen molar-refractivity contribution in [2.24, 2.45) is 0 Å². The number of pyridine rings is 1. The molecule has 2 rings (SSSR count). The SMILES string of the molecule is CCCNC(c1cncc(Br)c1)c1nc(CC)c(C)s1. The second kappa shape index (κ2) is 7.29. The van der Waals surface area contributed by atoms with Crippen LogP contribution >= 0.6 is 27.3 Å². The van der Waals surface area contributed by atoms with E-state index >= 15 is 0 Å². The number of rotatable bonds is 6. The molecule has 5 heteroatoms. The van der Waals surface area contributed by atoms with E-state index in [9.17, 15) is 0 Å². The normalized spacial score (nSPS) is 12.6. The van der Waals surface area contributed by atoms with Crippen LogP contribution in [-0.4, -0.2) is 16.5 Å². The van der Waals surface area contributed by atoms with Gasteiger partial charge in [-0.2, -0.15) is 0 Å². The second-order valence-corrected chi connectivity index (χ2v) is 6.88. The van der Waals surface area contributed by atoms with Crippen molar-refractivity contribution in [1.29, 1.82) is 0 Å². The molecule has 0 amide bonds. The van der Waals surface area contributed by atoms with E-state index in [1.54, 1.807) is 11.3 Å². The molecule has 0 aliphatic heterocycles. The number of nitrogens with one attached hydrogen (secondary N) is 1. The molecule has 1 N–H and O–H groups in total. The summed E-state index contributed by atoms with van der Waals surface area (Å²) in [5.74, 6) is 0. The number of thiazole rings is 1. The molecule has 0 radical (unpaired) electrons. The third-order valence-corrected chi connectivity index (χ3v) is 4.66. The molecule has 0 bridgehead atoms. The molecular formula is C15H20BrN3S. The molecule has 1 unspecified atom stereocenters. The Morgan fingerprint density at radius 1 is 1.35 bits per heavy atom. The first-order valence-corrected chi connectivity index (χ1v) is 8.56. The Morgan fingerprint density at radius 3 is 2.75 bits per heavy atom. The first-order chi connectivity index (χ1) is 9.65. The average Bonchev–Trinajstić information content (AvgIpc) is 2.80. The van der Waals surface area contributed by atoms with Gasteiger partial charge in [-0.3, -0.25) is 4.98 Å². The summed E-state index contributed by atoms with van der Waals surface area (Å²) in [4.78, 5) is 10.4. The van der Waals surface area contributed by atoms with Gasteiger partial charge in [0.25, 0.3) is 0 Å². The third-order valence-electron chi connectivity index (χ3n) is 3.15. The molecule has 2 heterocycles. The molecule has 3 nitrogen and oxygen atoms in total. The highest BCUT2D eigenvalue weighted by atomic mass is 79.9. The lowest BCUT2D eigenvalue weighted by molar-refractivity contribution is 0.593. The maximum atomic E-state index is 4.80. The fourth-order valence-corrected chi connectivity index (χ4v) is 3.62. The molecular weight excluding hydrogens is 334 g/mol. The summed E-state index contributed by atoms with van der Waals surface area (Å²) >= 11 is 5.28. The van der Waals surface area contributed by atoms with Gasteiger partial charge in [-0.15, -0.1) is 11.3 Å². The molecule has 108 valence electrons. The van der Waals surface area contributed by atoms with Crippen LogP contribution in [0.3, 0.4) is 0 Å². The Balaban J connectivity index is 2.35. The zero-order chi connectivity index (χ0) is 14.5. The largest absolute Gasteiger partial charge is 0.304 e. The number of nitrogens with zero attached hydrogens (tertiary/aromatic N) is 2. The molecule has 0 aromatic carbocycles. The lowest BCUT2D eigenvalue weighted by Crippen LogP contribution is -2.23. The molecule has 0 spiro atoms. The van der Waals surface area contributed by atoms with Crippen LogP contribution in [-0.2, 0) is 6.42 Å². The van der Waals surface area contributed by atoms with Gasteiger partial charge in [0.1, 0.15) is 5.01 Å². The summed E-state index contributed by atoms with van der Waals surface area (Å²) in [6.45, 7) is 7.45. The van der Waals surface area contributed by atoms with Gasteiger partial charge in [-0.1, -0.05) is 13.8 Å². The number of hydrogen-bond donors (Lipinski definition) is 1. The Morgan fingerprint density at radius 2 is 2.15 bits per heavy atom. The predicted molar refractivity (Wildman–Crippen MR) is 88.3 cm³/mol. The van der Waals surface area contributed by atoms with Gasteiger partial charge in [0.15, 0.2) is 0 Å². The first kappa shape index (κ1) is 15.6. The van der Waals surface area contributed by atoms with Crippen LogP contribution in [0, 0.1) is 6.92 Å². The fraction of sp³-hybridized carbons (Fsp3) is 0.467. The van der Waals surface area contributed by atoms with Gasteiger partial charge in [0.05, 0.1) is 11.7 Å². The van der Waals surface area contributed by atoms with E-state index in [1.165, 1.54) is 10.6 Å². The smallest absolute Gasteiger partial charge is 0.115 e. The Hall–Kier alpha value is -0.780. The molecule has 1 atom stereocenters. The monoisotopic (exact) mass is 353 g/mol. The highest BCUT2D eigenvalue weighted by Gasteiger charge is 2.19. The van der Waals surface area contributed by atoms with Crippen molar-refractivity contribution >= 4 is 27.3 Å². The molecule has 2 aromatic rings. The Kier molecular flexibility index (Phi) is 5.69. The van der Waals surface area contributed by atoms with Crippen LogP contribution < -0.4 is 5.32 Å². The summed E-state index contributed by atoms with van der Waals surface area (Å²) in [5.41, 5.74) is 2.36. The number of aromatic nitrogens is 2. The fourth-order valence-electron chi connectivity index (χ4n) is 2.12. The second-order valence-electron chi connectivity index (χ2n) is 4.73. The maximum absolute atomic E-state index is 4.80. The van der Waals surface area contributed by atoms with E-state index in [0.717, 1.165) is 34.4 Å². The van der Waals surface area contributed by atoms with Crippen molar-refractivity contribution in [3.05, 3.63) is 44.1 Å². The van der Waals surface area contributed by atoms with Crippen LogP contribution in [0.1, 0.15) is 47.5 Å². The topological polar surface area (TPSA) is 37.8 Å². The minimum Gasteiger partial charge on any atom is -0.304 e. The van der Waals surface area contributed by atoms with Crippen LogP contribution in [0.15, 0.2) is 22.9 Å². The summed E-state index contributed by atoms with van der Waals surface area (Å²) in [5, 5.41) is 4.71. The minimum atomic E-state index is 0.129. The van der Waals surface area contributed by atoms with E-state index in [-0.39, 0.29) is 6.04 Å². The third kappa shape index (κ3) is 3.65. The molecule has 0 aliphatic rings. The summed E-state index contributed by atoms with van der Waals surface area (Å²) in [6, 6.07) is 2.24. The molecule has 0 saturated heterocycles. The minimum absolute atomic E-state index is 0.129. The number of aryl methyl sites for hydroxylation is 2. The van der Waals surface area contributed by atoms with E-state index in [4.69, 9.17) is 4.98 Å². The van der Waals surface area contributed by atoms with Crippen molar-refractivity contribution in [3.63, 3.8) is 0 Å². The van der Waals surface area contributed by atoms with E-state index < -0.39 is 0 Å². The highest BCUT2D eigenvalue weighted by molar-refractivity contribution is 9.10. The summed E-state index contributed by atoms with van der Waals surface area (Å²) < 4.78 is 1.00. The Labute approximate surface area is 133 Å². The van der Waals surface area contributed by atoms with Gasteiger partial charge in [0, 0.05) is 21.7 Å². The van der Waals surface area contributed by atoms with Crippen molar-refractivity contribution in [1.82, 2.24) is 15.3 Å². The molecule has 2 aromatic heterocycles. The maximum Gasteiger partial charge on any atom is 0.115 e. The average molecular weight is 354 g/mol. The zero-order valence-corrected chi connectivity index (χ0v) is 14.5. The van der Waals surface area contributed by atoms with Crippen LogP contribution in [0.4, 0.5) is 0 Å². The Bertz CT molecular complexity index is 568. The van der Waals surface area contributed by atoms with Gasteiger partial charge >= 0.3 is 0 Å². The van der Waals surface area contributed by atoms with Crippen molar-refractivity contribution in [2.45, 2.75) is 39.7 Å². The lowest BCUT2D eigenvalue weighted by atomic mass is 10.1.